The fourth-order valence-electron chi connectivity index (χ4n) is 3.87. The first kappa shape index (κ1) is 26.2. The molecule has 1 N–H and O–H groups in total. The number of carbonyl (C=O) groups is 1. The largest absolute Gasteiger partial charge is 0.308 e. The monoisotopic (exact) mass is 599 g/mol. The molecule has 0 atom stereocenters. The van der Waals surface area contributed by atoms with Crippen molar-refractivity contribution in [2.24, 2.45) is 5.92 Å². The smallest absolute Gasteiger partial charge is 0.269 e. The average molecular weight is 601 g/mol. The normalized spacial score (nSPS) is 15.1. The first-order valence-corrected chi connectivity index (χ1v) is 13.4. The topological polar surface area (TPSA) is 127 Å². The molecule has 14 heteroatoms. The second-order valence-electron chi connectivity index (χ2n) is 8.14. The van der Waals surface area contributed by atoms with Gasteiger partial charge in [0.15, 0.2) is 5.82 Å². The summed E-state index contributed by atoms with van der Waals surface area (Å²) in [5.74, 6) is -0.952. The van der Waals surface area contributed by atoms with E-state index in [1.807, 2.05) is 0 Å². The lowest BCUT2D eigenvalue weighted by Crippen LogP contribution is -2.41. The van der Waals surface area contributed by atoms with Crippen LogP contribution in [0.4, 0.5) is 15.9 Å². The maximum Gasteiger partial charge on any atom is 0.269 e. The molecule has 0 saturated carbocycles. The molecule has 10 nitrogen and oxygen atoms in total. The summed E-state index contributed by atoms with van der Waals surface area (Å²) in [4.78, 5) is 23.0. The zero-order valence-electron chi connectivity index (χ0n) is 18.6. The molecule has 1 amide bonds. The van der Waals surface area contributed by atoms with Gasteiger partial charge in [-0.2, -0.15) is 9.40 Å². The second-order valence-corrected chi connectivity index (χ2v) is 11.3. The Bertz CT molecular complexity index is 1390. The van der Waals surface area contributed by atoms with E-state index in [1.54, 1.807) is 12.3 Å². The van der Waals surface area contributed by atoms with Crippen LogP contribution in [-0.4, -0.2) is 46.4 Å². The van der Waals surface area contributed by atoms with Crippen LogP contribution < -0.4 is 5.32 Å². The molecule has 3 aromatic rings. The molecule has 0 unspecified atom stereocenters. The van der Waals surface area contributed by atoms with Gasteiger partial charge < -0.3 is 5.32 Å². The summed E-state index contributed by atoms with van der Waals surface area (Å²) in [6.45, 7) is 0.316. The van der Waals surface area contributed by atoms with Crippen molar-refractivity contribution in [3.05, 3.63) is 79.7 Å². The highest BCUT2D eigenvalue weighted by molar-refractivity contribution is 9.10. The molecule has 0 radical (unpaired) electrons. The predicted octanol–water partition coefficient (Wildman–Crippen LogP) is 4.43. The molecule has 2 aromatic carbocycles. The zero-order valence-corrected chi connectivity index (χ0v) is 21.8. The van der Waals surface area contributed by atoms with E-state index in [4.69, 9.17) is 11.6 Å². The van der Waals surface area contributed by atoms with Crippen LogP contribution in [0.25, 0.3) is 0 Å². The lowest BCUT2D eigenvalue weighted by molar-refractivity contribution is -0.384. The Hall–Kier alpha value is -2.87. The zero-order chi connectivity index (χ0) is 26.0. The number of rotatable bonds is 7. The third-order valence-corrected chi connectivity index (χ3v) is 8.70. The molecule has 0 aliphatic carbocycles. The molecule has 1 aromatic heterocycles. The molecule has 1 saturated heterocycles. The lowest BCUT2D eigenvalue weighted by atomic mass is 9.97. The maximum absolute atomic E-state index is 14.1. The first-order valence-electron chi connectivity index (χ1n) is 10.8. The van der Waals surface area contributed by atoms with Gasteiger partial charge in [-0.3, -0.25) is 19.6 Å². The van der Waals surface area contributed by atoms with Crippen molar-refractivity contribution in [1.29, 1.82) is 0 Å². The van der Waals surface area contributed by atoms with E-state index in [2.05, 4.69) is 26.3 Å². The van der Waals surface area contributed by atoms with E-state index in [1.165, 1.54) is 33.3 Å². The van der Waals surface area contributed by atoms with Crippen molar-refractivity contribution >= 4 is 55.0 Å². The third-order valence-electron chi connectivity index (χ3n) is 5.85. The minimum atomic E-state index is -3.84. The molecule has 190 valence electrons. The number of halogens is 3. The van der Waals surface area contributed by atoms with Gasteiger partial charge in [-0.15, -0.1) is 0 Å². The van der Waals surface area contributed by atoms with Crippen LogP contribution in [0.2, 0.25) is 5.02 Å². The summed E-state index contributed by atoms with van der Waals surface area (Å²) in [7, 11) is -3.84. The third kappa shape index (κ3) is 5.59. The molecule has 1 aliphatic heterocycles. The number of nitrogens with one attached hydrogen (secondary N) is 1. The number of piperidine rings is 1. The number of nitro groups is 1. The molecule has 4 rings (SSSR count). The number of carbonyl (C=O) groups excluding carboxylic acids is 1. The quantitative estimate of drug-likeness (QED) is 0.316. The number of sulfonamides is 1. The molecule has 0 spiro atoms. The van der Waals surface area contributed by atoms with E-state index < -0.39 is 26.7 Å². The molecule has 1 aliphatic rings. The number of hydrogen-bond donors (Lipinski definition) is 1. The van der Waals surface area contributed by atoms with E-state index in [0.29, 0.717) is 17.3 Å². The van der Waals surface area contributed by atoms with Gasteiger partial charge in [0.25, 0.3) is 5.69 Å². The van der Waals surface area contributed by atoms with Gasteiger partial charge in [0.1, 0.15) is 5.82 Å². The van der Waals surface area contributed by atoms with Crippen molar-refractivity contribution in [1.82, 2.24) is 14.1 Å². The summed E-state index contributed by atoms with van der Waals surface area (Å²) in [6, 6.07) is 9.08. The minimum absolute atomic E-state index is 0.0413. The second kappa shape index (κ2) is 10.6. The van der Waals surface area contributed by atoms with Crippen LogP contribution in [0.3, 0.4) is 0 Å². The van der Waals surface area contributed by atoms with Gasteiger partial charge in [-0.25, -0.2) is 12.8 Å². The standard InChI is InChI=1S/C22H20BrClFN5O5S/c23-18-13-28(12-17-19(24)2-1-3-20(17)25)27-21(18)26-22(31)14-8-10-29(11-9-14)36(34,35)16-6-4-15(5-7-16)30(32)33/h1-7,13-14H,8-12H2,(H,26,27,31). The van der Waals surface area contributed by atoms with Gasteiger partial charge in [-0.1, -0.05) is 17.7 Å². The van der Waals surface area contributed by atoms with Crippen LogP contribution in [0.5, 0.6) is 0 Å². The maximum atomic E-state index is 14.1. The van der Waals surface area contributed by atoms with Crippen molar-refractivity contribution in [2.75, 3.05) is 18.4 Å². The van der Waals surface area contributed by atoms with E-state index in [9.17, 15) is 27.7 Å². The van der Waals surface area contributed by atoms with Crippen LogP contribution in [0, 0.1) is 21.8 Å². The summed E-state index contributed by atoms with van der Waals surface area (Å²) < 4.78 is 43.1. The highest BCUT2D eigenvalue weighted by Crippen LogP contribution is 2.28. The Labute approximate surface area is 219 Å². The van der Waals surface area contributed by atoms with Gasteiger partial charge >= 0.3 is 0 Å². The number of nitro benzene ring substituents is 1. The summed E-state index contributed by atoms with van der Waals surface area (Å²) in [6.07, 6.45) is 2.18. The fourth-order valence-corrected chi connectivity index (χ4v) is 5.98. The van der Waals surface area contributed by atoms with Crippen LogP contribution >= 0.6 is 27.5 Å². The minimum Gasteiger partial charge on any atom is -0.308 e. The molecular weight excluding hydrogens is 581 g/mol. The number of amides is 1. The summed E-state index contributed by atoms with van der Waals surface area (Å²) in [5, 5.41) is 18.1. The summed E-state index contributed by atoms with van der Waals surface area (Å²) in [5.41, 5.74) is 0.0728. The Balaban J connectivity index is 1.37. The van der Waals surface area contributed by atoms with Crippen molar-refractivity contribution in [2.45, 2.75) is 24.3 Å². The SMILES string of the molecule is O=C(Nc1nn(Cc2c(F)cccc2Cl)cc1Br)C1CCN(S(=O)(=O)c2ccc([N+](=O)[O-])cc2)CC1. The molecule has 36 heavy (non-hydrogen) atoms. The number of benzene rings is 2. The van der Waals surface area contributed by atoms with Crippen molar-refractivity contribution in [3.8, 4) is 0 Å². The van der Waals surface area contributed by atoms with Gasteiger partial charge in [0.2, 0.25) is 15.9 Å². The number of anilines is 1. The van der Waals surface area contributed by atoms with Crippen LogP contribution in [-0.2, 0) is 21.4 Å². The van der Waals surface area contributed by atoms with E-state index in [-0.39, 0.29) is 52.5 Å². The Kier molecular flexibility index (Phi) is 7.73. The summed E-state index contributed by atoms with van der Waals surface area (Å²) >= 11 is 9.42. The van der Waals surface area contributed by atoms with Gasteiger partial charge in [0.05, 0.1) is 20.8 Å². The van der Waals surface area contributed by atoms with Crippen LogP contribution in [0.1, 0.15) is 18.4 Å². The highest BCUT2D eigenvalue weighted by atomic mass is 79.9. The van der Waals surface area contributed by atoms with Gasteiger partial charge in [0, 0.05) is 47.9 Å². The Morgan fingerprint density at radius 3 is 2.50 bits per heavy atom. The van der Waals surface area contributed by atoms with E-state index in [0.717, 1.165) is 12.1 Å². The number of hydrogen-bond acceptors (Lipinski definition) is 6. The molecule has 2 heterocycles. The first-order chi connectivity index (χ1) is 17.1. The lowest BCUT2D eigenvalue weighted by Gasteiger charge is -2.30. The average Bonchev–Trinajstić information content (AvgIpc) is 3.20. The Morgan fingerprint density at radius 2 is 1.89 bits per heavy atom. The van der Waals surface area contributed by atoms with Crippen LogP contribution in [0.15, 0.2) is 58.0 Å². The number of nitrogens with zero attached hydrogens (tertiary/aromatic N) is 4. The number of non-ortho nitro benzene ring substituents is 1. The molecular formula is C22H20BrClFN5O5S. The van der Waals surface area contributed by atoms with E-state index >= 15 is 0 Å². The molecule has 1 fully saturated rings. The number of aromatic nitrogens is 2. The van der Waals surface area contributed by atoms with Crippen molar-refractivity contribution in [3.63, 3.8) is 0 Å². The Morgan fingerprint density at radius 1 is 1.22 bits per heavy atom. The fraction of sp³-hybridized carbons (Fsp3) is 0.273. The van der Waals surface area contributed by atoms with Crippen molar-refractivity contribution < 1.29 is 22.5 Å². The molecule has 0 bridgehead atoms. The van der Waals surface area contributed by atoms with Gasteiger partial charge in [-0.05, 0) is 53.0 Å². The predicted molar refractivity (Wildman–Crippen MR) is 134 cm³/mol. The highest BCUT2D eigenvalue weighted by Gasteiger charge is 2.32.